The van der Waals surface area contributed by atoms with Gasteiger partial charge in [0, 0.05) is 18.7 Å². The highest BCUT2D eigenvalue weighted by Crippen LogP contribution is 2.12. The Balaban J connectivity index is 1.84. The molecule has 0 spiro atoms. The molecule has 0 fully saturated rings. The molecular formula is C13H14N4O3. The number of nitrogens with zero attached hydrogens (tertiary/aromatic N) is 3. The first-order chi connectivity index (χ1) is 9.69. The summed E-state index contributed by atoms with van der Waals surface area (Å²) in [4.78, 5) is 18.3. The van der Waals surface area contributed by atoms with Gasteiger partial charge >= 0.3 is 0 Å². The molecular weight excluding hydrogens is 260 g/mol. The van der Waals surface area contributed by atoms with E-state index in [1.54, 1.807) is 31.6 Å². The lowest BCUT2D eigenvalue weighted by molar-refractivity contribution is -0.384. The second kappa shape index (κ2) is 6.46. The minimum atomic E-state index is -0.409. The van der Waals surface area contributed by atoms with Crippen LogP contribution in [0.15, 0.2) is 36.7 Å². The van der Waals surface area contributed by atoms with Crippen LogP contribution in [-0.4, -0.2) is 28.5 Å². The number of aromatic nitrogens is 2. The van der Waals surface area contributed by atoms with E-state index in [9.17, 15) is 10.1 Å². The van der Waals surface area contributed by atoms with Gasteiger partial charge in [0.2, 0.25) is 5.95 Å². The molecule has 7 heteroatoms. The Bertz CT molecular complexity index is 569. The Morgan fingerprint density at radius 3 is 2.45 bits per heavy atom. The molecule has 20 heavy (non-hydrogen) atoms. The van der Waals surface area contributed by atoms with Crippen LogP contribution < -0.4 is 10.1 Å². The average molecular weight is 274 g/mol. The first kappa shape index (κ1) is 13.7. The molecule has 7 nitrogen and oxygen atoms in total. The maximum Gasteiger partial charge on any atom is 0.269 e. The molecule has 0 aliphatic carbocycles. The van der Waals surface area contributed by atoms with Gasteiger partial charge in [0.15, 0.2) is 5.75 Å². The quantitative estimate of drug-likeness (QED) is 0.640. The number of nitro groups is 1. The standard InChI is InChI=1S/C13H14N4O3/c1-20-12-8-15-13(16-9-12)14-7-6-10-2-4-11(5-3-10)17(18)19/h2-5,8-9H,6-7H2,1H3,(H,14,15,16). The summed E-state index contributed by atoms with van der Waals surface area (Å²) in [5, 5.41) is 13.6. The topological polar surface area (TPSA) is 90.2 Å². The van der Waals surface area contributed by atoms with Gasteiger partial charge in [0.25, 0.3) is 5.69 Å². The zero-order valence-electron chi connectivity index (χ0n) is 10.9. The van der Waals surface area contributed by atoms with Gasteiger partial charge in [0.1, 0.15) is 0 Å². The fraction of sp³-hybridized carbons (Fsp3) is 0.231. The molecule has 1 aromatic carbocycles. The van der Waals surface area contributed by atoms with E-state index in [4.69, 9.17) is 4.74 Å². The van der Waals surface area contributed by atoms with Gasteiger partial charge in [0.05, 0.1) is 24.4 Å². The van der Waals surface area contributed by atoms with Crippen molar-refractivity contribution in [1.29, 1.82) is 0 Å². The molecule has 104 valence electrons. The molecule has 0 atom stereocenters. The number of anilines is 1. The van der Waals surface area contributed by atoms with Gasteiger partial charge in [-0.3, -0.25) is 10.1 Å². The lowest BCUT2D eigenvalue weighted by atomic mass is 10.1. The predicted molar refractivity (Wildman–Crippen MR) is 73.9 cm³/mol. The van der Waals surface area contributed by atoms with Crippen LogP contribution in [0.4, 0.5) is 11.6 Å². The average Bonchev–Trinajstić information content (AvgIpc) is 2.48. The van der Waals surface area contributed by atoms with E-state index >= 15 is 0 Å². The van der Waals surface area contributed by atoms with E-state index in [-0.39, 0.29) is 5.69 Å². The van der Waals surface area contributed by atoms with Crippen LogP contribution in [0.3, 0.4) is 0 Å². The van der Waals surface area contributed by atoms with Crippen molar-refractivity contribution in [2.45, 2.75) is 6.42 Å². The number of rotatable bonds is 6. The third-order valence-corrected chi connectivity index (χ3v) is 2.71. The normalized spacial score (nSPS) is 10.1. The Kier molecular flexibility index (Phi) is 4.43. The summed E-state index contributed by atoms with van der Waals surface area (Å²) in [6.07, 6.45) is 3.90. The van der Waals surface area contributed by atoms with Gasteiger partial charge < -0.3 is 10.1 Å². The Morgan fingerprint density at radius 1 is 1.25 bits per heavy atom. The van der Waals surface area contributed by atoms with Crippen molar-refractivity contribution < 1.29 is 9.66 Å². The van der Waals surface area contributed by atoms with Crippen LogP contribution in [0.25, 0.3) is 0 Å². The molecule has 0 aliphatic heterocycles. The maximum atomic E-state index is 10.5. The van der Waals surface area contributed by atoms with Gasteiger partial charge in [-0.1, -0.05) is 12.1 Å². The second-order valence-corrected chi connectivity index (χ2v) is 4.05. The minimum Gasteiger partial charge on any atom is -0.494 e. The van der Waals surface area contributed by atoms with E-state index in [1.807, 2.05) is 0 Å². The number of non-ortho nitro benzene ring substituents is 1. The van der Waals surface area contributed by atoms with E-state index < -0.39 is 4.92 Å². The smallest absolute Gasteiger partial charge is 0.269 e. The first-order valence-corrected chi connectivity index (χ1v) is 6.02. The summed E-state index contributed by atoms with van der Waals surface area (Å²) in [7, 11) is 1.56. The highest BCUT2D eigenvalue weighted by molar-refractivity contribution is 5.33. The molecule has 1 heterocycles. The minimum absolute atomic E-state index is 0.0974. The lowest BCUT2D eigenvalue weighted by Gasteiger charge is -2.05. The van der Waals surface area contributed by atoms with Crippen molar-refractivity contribution in [3.63, 3.8) is 0 Å². The molecule has 2 aromatic rings. The maximum absolute atomic E-state index is 10.5. The van der Waals surface area contributed by atoms with E-state index in [0.29, 0.717) is 18.2 Å². The number of nitro benzene ring substituents is 1. The largest absolute Gasteiger partial charge is 0.494 e. The van der Waals surface area contributed by atoms with Gasteiger partial charge in [-0.2, -0.15) is 0 Å². The predicted octanol–water partition coefficient (Wildman–Crippen LogP) is 2.05. The van der Waals surface area contributed by atoms with Crippen molar-refractivity contribution in [2.24, 2.45) is 0 Å². The molecule has 1 N–H and O–H groups in total. The number of benzene rings is 1. The zero-order valence-corrected chi connectivity index (χ0v) is 10.9. The molecule has 0 saturated carbocycles. The van der Waals surface area contributed by atoms with E-state index in [1.165, 1.54) is 12.1 Å². The Hall–Kier alpha value is -2.70. The van der Waals surface area contributed by atoms with Crippen molar-refractivity contribution in [3.8, 4) is 5.75 Å². The van der Waals surface area contributed by atoms with Crippen molar-refractivity contribution in [3.05, 3.63) is 52.3 Å². The van der Waals surface area contributed by atoms with Crippen molar-refractivity contribution >= 4 is 11.6 Å². The fourth-order valence-electron chi connectivity index (χ4n) is 1.62. The number of hydrogen-bond acceptors (Lipinski definition) is 6. The highest BCUT2D eigenvalue weighted by Gasteiger charge is 2.03. The summed E-state index contributed by atoms with van der Waals surface area (Å²) in [5.74, 6) is 1.12. The Labute approximate surface area is 115 Å². The lowest BCUT2D eigenvalue weighted by Crippen LogP contribution is -2.07. The number of hydrogen-bond donors (Lipinski definition) is 1. The van der Waals surface area contributed by atoms with Crippen molar-refractivity contribution in [1.82, 2.24) is 9.97 Å². The molecule has 1 aromatic heterocycles. The van der Waals surface area contributed by atoms with Gasteiger partial charge in [-0.25, -0.2) is 9.97 Å². The van der Waals surface area contributed by atoms with E-state index in [2.05, 4.69) is 15.3 Å². The number of methoxy groups -OCH3 is 1. The molecule has 0 bridgehead atoms. The first-order valence-electron chi connectivity index (χ1n) is 6.02. The Morgan fingerprint density at radius 2 is 1.90 bits per heavy atom. The van der Waals surface area contributed by atoms with Crippen LogP contribution in [-0.2, 0) is 6.42 Å². The summed E-state index contributed by atoms with van der Waals surface area (Å²) in [5.41, 5.74) is 1.11. The van der Waals surface area contributed by atoms with Gasteiger partial charge in [-0.15, -0.1) is 0 Å². The summed E-state index contributed by atoms with van der Waals surface area (Å²) in [6, 6.07) is 6.49. The molecule has 0 aliphatic rings. The SMILES string of the molecule is COc1cnc(NCCc2ccc([N+](=O)[O-])cc2)nc1. The van der Waals surface area contributed by atoms with Crippen LogP contribution >= 0.6 is 0 Å². The fourth-order valence-corrected chi connectivity index (χ4v) is 1.62. The van der Waals surface area contributed by atoms with E-state index in [0.717, 1.165) is 12.0 Å². The summed E-state index contributed by atoms with van der Waals surface area (Å²) >= 11 is 0. The third kappa shape index (κ3) is 3.64. The molecule has 0 unspecified atom stereocenters. The second-order valence-electron chi connectivity index (χ2n) is 4.05. The van der Waals surface area contributed by atoms with Crippen LogP contribution in [0.5, 0.6) is 5.75 Å². The monoisotopic (exact) mass is 274 g/mol. The molecule has 0 radical (unpaired) electrons. The third-order valence-electron chi connectivity index (χ3n) is 2.71. The summed E-state index contributed by atoms with van der Waals surface area (Å²) in [6.45, 7) is 0.643. The zero-order chi connectivity index (χ0) is 14.4. The van der Waals surface area contributed by atoms with Crippen LogP contribution in [0.1, 0.15) is 5.56 Å². The molecule has 0 amide bonds. The summed E-state index contributed by atoms with van der Waals surface area (Å²) < 4.78 is 4.97. The molecule has 2 rings (SSSR count). The van der Waals surface area contributed by atoms with Crippen molar-refractivity contribution in [2.75, 3.05) is 19.0 Å². The van der Waals surface area contributed by atoms with Gasteiger partial charge in [-0.05, 0) is 12.0 Å². The van der Waals surface area contributed by atoms with Crippen LogP contribution in [0, 0.1) is 10.1 Å². The van der Waals surface area contributed by atoms with Crippen LogP contribution in [0.2, 0.25) is 0 Å². The molecule has 0 saturated heterocycles. The highest BCUT2D eigenvalue weighted by atomic mass is 16.6. The number of ether oxygens (including phenoxy) is 1. The number of nitrogens with one attached hydrogen (secondary N) is 1.